The summed E-state index contributed by atoms with van der Waals surface area (Å²) in [5.41, 5.74) is 6.71. The minimum absolute atomic E-state index is 0.00435. The molecule has 0 spiro atoms. The number of para-hydroxylation sites is 1. The number of likely N-dealkylation sites (tertiary alicyclic amines) is 1. The number of rotatable bonds is 3. The van der Waals surface area contributed by atoms with Crippen LogP contribution in [0.2, 0.25) is 0 Å². The first-order chi connectivity index (χ1) is 8.69. The molecule has 1 fully saturated rings. The Hall–Kier alpha value is -1.75. The fourth-order valence-corrected chi connectivity index (χ4v) is 2.36. The number of hydrogen-bond donors (Lipinski definition) is 2. The molecule has 1 heterocycles. The van der Waals surface area contributed by atoms with Crippen molar-refractivity contribution in [1.29, 1.82) is 0 Å². The Morgan fingerprint density at radius 3 is 3.06 bits per heavy atom. The van der Waals surface area contributed by atoms with Gasteiger partial charge in [0.1, 0.15) is 5.75 Å². The predicted octanol–water partition coefficient (Wildman–Crippen LogP) is 0.874. The van der Waals surface area contributed by atoms with Gasteiger partial charge in [0.05, 0.1) is 31.0 Å². The molecule has 1 aliphatic heterocycles. The smallest absolute Gasteiger partial charge is 0.256 e. The minimum atomic E-state index is -0.136. The molecule has 5 nitrogen and oxygen atoms in total. The van der Waals surface area contributed by atoms with Crippen LogP contribution < -0.4 is 10.5 Å². The number of hydrogen-bond acceptors (Lipinski definition) is 4. The summed E-state index contributed by atoms with van der Waals surface area (Å²) in [7, 11) is 1.52. The SMILES string of the molecule is COc1cccc(C(=O)N2CCCC2CO)c1N. The van der Waals surface area contributed by atoms with Crippen LogP contribution in [-0.4, -0.2) is 42.2 Å². The number of nitrogens with zero attached hydrogens (tertiary/aromatic N) is 1. The normalized spacial score (nSPS) is 19.0. The topological polar surface area (TPSA) is 75.8 Å². The third kappa shape index (κ3) is 2.13. The van der Waals surface area contributed by atoms with Crippen molar-refractivity contribution in [1.82, 2.24) is 4.90 Å². The molecule has 1 atom stereocenters. The molecule has 1 unspecified atom stereocenters. The van der Waals surface area contributed by atoms with Crippen LogP contribution in [0, 0.1) is 0 Å². The lowest BCUT2D eigenvalue weighted by Gasteiger charge is -2.24. The maximum atomic E-state index is 12.4. The Bertz CT molecular complexity index is 448. The lowest BCUT2D eigenvalue weighted by atomic mass is 10.1. The van der Waals surface area contributed by atoms with Crippen LogP contribution in [0.1, 0.15) is 23.2 Å². The number of benzene rings is 1. The number of ether oxygens (including phenoxy) is 1. The van der Waals surface area contributed by atoms with Crippen molar-refractivity contribution in [2.75, 3.05) is 26.0 Å². The van der Waals surface area contributed by atoms with Gasteiger partial charge in [-0.15, -0.1) is 0 Å². The average Bonchev–Trinajstić information content (AvgIpc) is 2.86. The van der Waals surface area contributed by atoms with Gasteiger partial charge in [-0.2, -0.15) is 0 Å². The third-order valence-electron chi connectivity index (χ3n) is 3.37. The number of methoxy groups -OCH3 is 1. The molecule has 98 valence electrons. The third-order valence-corrected chi connectivity index (χ3v) is 3.37. The first-order valence-electron chi connectivity index (χ1n) is 6.03. The molecule has 5 heteroatoms. The second-order valence-electron chi connectivity index (χ2n) is 4.40. The van der Waals surface area contributed by atoms with E-state index in [-0.39, 0.29) is 18.6 Å². The van der Waals surface area contributed by atoms with Crippen molar-refractivity contribution in [3.8, 4) is 5.75 Å². The summed E-state index contributed by atoms with van der Waals surface area (Å²) in [6, 6.07) is 5.06. The molecule has 0 bridgehead atoms. The number of nitrogen functional groups attached to an aromatic ring is 1. The van der Waals surface area contributed by atoms with Gasteiger partial charge in [-0.3, -0.25) is 4.79 Å². The second kappa shape index (κ2) is 5.27. The van der Waals surface area contributed by atoms with Crippen molar-refractivity contribution in [3.05, 3.63) is 23.8 Å². The van der Waals surface area contributed by atoms with Crippen LogP contribution in [0.3, 0.4) is 0 Å². The number of aliphatic hydroxyl groups is 1. The van der Waals surface area contributed by atoms with E-state index in [0.29, 0.717) is 23.5 Å². The zero-order valence-electron chi connectivity index (χ0n) is 10.4. The van der Waals surface area contributed by atoms with Crippen LogP contribution >= 0.6 is 0 Å². The summed E-state index contributed by atoms with van der Waals surface area (Å²) in [5.74, 6) is 0.364. The predicted molar refractivity (Wildman–Crippen MR) is 68.6 cm³/mol. The highest BCUT2D eigenvalue weighted by molar-refractivity contribution is 6.00. The number of anilines is 1. The van der Waals surface area contributed by atoms with Crippen LogP contribution in [0.4, 0.5) is 5.69 Å². The van der Waals surface area contributed by atoms with Gasteiger partial charge in [-0.25, -0.2) is 0 Å². The van der Waals surface area contributed by atoms with Crippen molar-refractivity contribution in [2.45, 2.75) is 18.9 Å². The highest BCUT2D eigenvalue weighted by Gasteiger charge is 2.30. The molecule has 0 aromatic heterocycles. The van der Waals surface area contributed by atoms with E-state index in [9.17, 15) is 9.90 Å². The Morgan fingerprint density at radius 1 is 1.61 bits per heavy atom. The van der Waals surface area contributed by atoms with E-state index < -0.39 is 0 Å². The second-order valence-corrected chi connectivity index (χ2v) is 4.40. The largest absolute Gasteiger partial charge is 0.495 e. The summed E-state index contributed by atoms with van der Waals surface area (Å²) in [6.07, 6.45) is 1.76. The number of carbonyl (C=O) groups is 1. The van der Waals surface area contributed by atoms with Crippen LogP contribution in [0.25, 0.3) is 0 Å². The van der Waals surface area contributed by atoms with E-state index in [4.69, 9.17) is 10.5 Å². The molecular weight excluding hydrogens is 232 g/mol. The molecule has 1 amide bonds. The minimum Gasteiger partial charge on any atom is -0.495 e. The van der Waals surface area contributed by atoms with Crippen molar-refractivity contribution in [3.63, 3.8) is 0 Å². The van der Waals surface area contributed by atoms with Gasteiger partial charge < -0.3 is 20.5 Å². The van der Waals surface area contributed by atoms with Gasteiger partial charge in [0.2, 0.25) is 0 Å². The quantitative estimate of drug-likeness (QED) is 0.781. The monoisotopic (exact) mass is 250 g/mol. The summed E-state index contributed by atoms with van der Waals surface area (Å²) in [6.45, 7) is 0.663. The molecule has 1 aromatic carbocycles. The first-order valence-corrected chi connectivity index (χ1v) is 6.03. The number of carbonyl (C=O) groups excluding carboxylic acids is 1. The van der Waals surface area contributed by atoms with Gasteiger partial charge in [-0.1, -0.05) is 6.07 Å². The lowest BCUT2D eigenvalue weighted by Crippen LogP contribution is -2.37. The number of aliphatic hydroxyl groups excluding tert-OH is 1. The maximum Gasteiger partial charge on any atom is 0.256 e. The molecule has 2 rings (SSSR count). The maximum absolute atomic E-state index is 12.4. The summed E-state index contributed by atoms with van der Waals surface area (Å²) in [5, 5.41) is 9.25. The molecule has 1 aliphatic rings. The molecule has 18 heavy (non-hydrogen) atoms. The van der Waals surface area contributed by atoms with Gasteiger partial charge in [-0.05, 0) is 25.0 Å². The number of nitrogens with two attached hydrogens (primary N) is 1. The molecule has 1 saturated heterocycles. The summed E-state index contributed by atoms with van der Waals surface area (Å²) < 4.78 is 5.11. The van der Waals surface area contributed by atoms with Crippen molar-refractivity contribution < 1.29 is 14.6 Å². The van der Waals surface area contributed by atoms with Gasteiger partial charge in [0.15, 0.2) is 0 Å². The zero-order valence-corrected chi connectivity index (χ0v) is 10.4. The Kier molecular flexibility index (Phi) is 3.72. The molecule has 0 aliphatic carbocycles. The fourth-order valence-electron chi connectivity index (χ4n) is 2.36. The molecule has 0 radical (unpaired) electrons. The van der Waals surface area contributed by atoms with E-state index in [0.717, 1.165) is 12.8 Å². The van der Waals surface area contributed by atoms with Gasteiger partial charge in [0, 0.05) is 6.54 Å². The van der Waals surface area contributed by atoms with Crippen LogP contribution in [0.15, 0.2) is 18.2 Å². The number of amides is 1. The van der Waals surface area contributed by atoms with E-state index >= 15 is 0 Å². The highest BCUT2D eigenvalue weighted by atomic mass is 16.5. The summed E-state index contributed by atoms with van der Waals surface area (Å²) in [4.78, 5) is 14.1. The van der Waals surface area contributed by atoms with Gasteiger partial charge in [0.25, 0.3) is 5.91 Å². The van der Waals surface area contributed by atoms with E-state index in [2.05, 4.69) is 0 Å². The van der Waals surface area contributed by atoms with Gasteiger partial charge >= 0.3 is 0 Å². The Balaban J connectivity index is 2.28. The Labute approximate surface area is 106 Å². The Morgan fingerprint density at radius 2 is 2.39 bits per heavy atom. The fraction of sp³-hybridized carbons (Fsp3) is 0.462. The van der Waals surface area contributed by atoms with E-state index in [1.165, 1.54) is 7.11 Å². The molecular formula is C13H18N2O3. The molecule has 3 N–H and O–H groups in total. The summed E-state index contributed by atoms with van der Waals surface area (Å²) >= 11 is 0. The van der Waals surface area contributed by atoms with Crippen molar-refractivity contribution >= 4 is 11.6 Å². The highest BCUT2D eigenvalue weighted by Crippen LogP contribution is 2.28. The standard InChI is InChI=1S/C13H18N2O3/c1-18-11-6-2-5-10(12(11)14)13(17)15-7-3-4-9(15)8-16/h2,5-6,9,16H,3-4,7-8,14H2,1H3. The average molecular weight is 250 g/mol. The van der Waals surface area contributed by atoms with Crippen LogP contribution in [0.5, 0.6) is 5.75 Å². The first kappa shape index (κ1) is 12.7. The van der Waals surface area contributed by atoms with E-state index in [1.54, 1.807) is 23.1 Å². The molecule has 1 aromatic rings. The van der Waals surface area contributed by atoms with Crippen molar-refractivity contribution in [2.24, 2.45) is 0 Å². The zero-order chi connectivity index (χ0) is 13.1. The van der Waals surface area contributed by atoms with Crippen LogP contribution in [-0.2, 0) is 0 Å². The lowest BCUT2D eigenvalue weighted by molar-refractivity contribution is 0.0678. The molecule has 0 saturated carbocycles. The van der Waals surface area contributed by atoms with E-state index in [1.807, 2.05) is 0 Å².